The summed E-state index contributed by atoms with van der Waals surface area (Å²) in [5, 5.41) is 9.50. The number of benzene rings is 2. The van der Waals surface area contributed by atoms with E-state index in [9.17, 15) is 9.59 Å². The van der Waals surface area contributed by atoms with Crippen molar-refractivity contribution in [1.82, 2.24) is 58.9 Å². The monoisotopic (exact) mass is 928 g/mol. The van der Waals surface area contributed by atoms with Crippen LogP contribution in [-0.4, -0.2) is 72.1 Å². The van der Waals surface area contributed by atoms with Crippen molar-refractivity contribution in [3.8, 4) is 0 Å². The van der Waals surface area contributed by atoms with E-state index in [1.165, 1.54) is 17.2 Å². The minimum Gasteiger partial charge on any atom is -0.373 e. The Kier molecular flexibility index (Phi) is 12.8. The number of hydrogen-bond donors (Lipinski definition) is 1. The van der Waals surface area contributed by atoms with E-state index in [-0.39, 0.29) is 64.0 Å². The maximum Gasteiger partial charge on any atom is 0.281 e. The molecule has 0 amide bonds. The highest BCUT2D eigenvalue weighted by Crippen LogP contribution is 2.38. The van der Waals surface area contributed by atoms with Crippen molar-refractivity contribution < 1.29 is 18.5 Å². The van der Waals surface area contributed by atoms with Crippen LogP contribution in [0.1, 0.15) is 71.4 Å². The zero-order valence-electron chi connectivity index (χ0n) is 32.1. The summed E-state index contributed by atoms with van der Waals surface area (Å²) in [6.45, 7) is 1.09. The number of alkyl halides is 1. The lowest BCUT2D eigenvalue weighted by Crippen LogP contribution is -2.24. The second-order valence-corrected chi connectivity index (χ2v) is 15.9. The summed E-state index contributed by atoms with van der Waals surface area (Å²) < 4.78 is 26.6. The van der Waals surface area contributed by atoms with E-state index in [0.29, 0.717) is 58.1 Å². The van der Waals surface area contributed by atoms with Gasteiger partial charge in [0.2, 0.25) is 22.3 Å². The van der Waals surface area contributed by atoms with E-state index in [4.69, 9.17) is 76.5 Å². The molecule has 8 aromatic rings. The van der Waals surface area contributed by atoms with Gasteiger partial charge in [0.1, 0.15) is 12.4 Å². The average Bonchev–Trinajstić information content (AvgIpc) is 4.11. The molecule has 18 nitrogen and oxygen atoms in total. The van der Waals surface area contributed by atoms with E-state index in [1.54, 1.807) is 23.2 Å². The third-order valence-corrected chi connectivity index (χ3v) is 11.1. The number of imidazole rings is 2. The second kappa shape index (κ2) is 18.4. The zero-order valence-corrected chi connectivity index (χ0v) is 35.9. The second-order valence-electron chi connectivity index (χ2n) is 14.0. The Labute approximate surface area is 369 Å². The van der Waals surface area contributed by atoms with Crippen LogP contribution in [0.2, 0.25) is 20.6 Å². The molecule has 0 bridgehead atoms. The van der Waals surface area contributed by atoms with Crippen LogP contribution in [0.25, 0.3) is 22.3 Å². The number of nitrogens with one attached hydrogen (secondary N) is 1. The first kappa shape index (κ1) is 42.5. The topological polar surface area (TPSA) is 213 Å². The summed E-state index contributed by atoms with van der Waals surface area (Å²) >= 11 is 29.2. The van der Waals surface area contributed by atoms with Gasteiger partial charge in [0.25, 0.3) is 11.1 Å². The Bertz CT molecular complexity index is 2910. The van der Waals surface area contributed by atoms with Crippen LogP contribution in [-0.2, 0) is 36.0 Å². The molecule has 6 aromatic heterocycles. The molecule has 2 aromatic carbocycles. The fourth-order valence-electron chi connectivity index (χ4n) is 6.83. The molecule has 61 heavy (non-hydrogen) atoms. The Morgan fingerprint density at radius 2 is 1.20 bits per heavy atom. The molecule has 8 heterocycles. The molecule has 0 aliphatic carbocycles. The van der Waals surface area contributed by atoms with Gasteiger partial charge in [-0.05, 0) is 71.4 Å². The standard InChI is InChI=1S/C19H16Cl2N6O3.C13H12Cl2N2O2.C6H5ClN4O/c1-26-9-22-17-15(26)18(28)27(19(21)24-17)7-14-23-16(25-30-14)11-6-13(29-8-11)10-2-4-12(20)5-3-10;14-6-12-16-13(17-19-12)9-5-11(18-7-9)8-1-3-10(15)4-2-8;1-11-2-8-4-3(11)5(12)10-6(7)9-4/h2-5,9,11,13H,6-8H2,1H3;1-4,9,11H,5-7H2;2H,1H3,(H,9,10,12)/t11-,13+;9-,11+;/m00./s1. The summed E-state index contributed by atoms with van der Waals surface area (Å²) in [7, 11) is 3.44. The van der Waals surface area contributed by atoms with Crippen molar-refractivity contribution in [2.24, 2.45) is 14.1 Å². The molecule has 316 valence electrons. The van der Waals surface area contributed by atoms with Crippen LogP contribution in [0.15, 0.2) is 79.8 Å². The number of fused-ring (bicyclic) bond motifs is 2. The van der Waals surface area contributed by atoms with Crippen molar-refractivity contribution >= 4 is 80.3 Å². The largest absolute Gasteiger partial charge is 0.373 e. The third kappa shape index (κ3) is 9.50. The van der Waals surface area contributed by atoms with Crippen LogP contribution in [0.4, 0.5) is 0 Å². The minimum absolute atomic E-state index is 0.00643. The summed E-state index contributed by atoms with van der Waals surface area (Å²) in [6.07, 6.45) is 4.60. The number of H-pyrrole nitrogens is 1. The highest BCUT2D eigenvalue weighted by atomic mass is 35.5. The van der Waals surface area contributed by atoms with Gasteiger partial charge in [-0.3, -0.25) is 19.1 Å². The van der Waals surface area contributed by atoms with Crippen LogP contribution in [0.3, 0.4) is 0 Å². The number of rotatable bonds is 7. The van der Waals surface area contributed by atoms with Crippen molar-refractivity contribution in [2.75, 3.05) is 13.2 Å². The van der Waals surface area contributed by atoms with Crippen LogP contribution in [0.5, 0.6) is 0 Å². The van der Waals surface area contributed by atoms with Crippen LogP contribution < -0.4 is 11.1 Å². The number of aromatic nitrogens is 12. The fraction of sp³-hybridized carbons (Fsp3) is 0.316. The van der Waals surface area contributed by atoms with Gasteiger partial charge in [-0.1, -0.05) is 57.8 Å². The van der Waals surface area contributed by atoms with Crippen molar-refractivity contribution in [2.45, 2.75) is 49.3 Å². The van der Waals surface area contributed by atoms with Gasteiger partial charge >= 0.3 is 0 Å². The molecule has 0 unspecified atom stereocenters. The van der Waals surface area contributed by atoms with Gasteiger partial charge in [0, 0.05) is 36.0 Å². The first-order valence-corrected chi connectivity index (χ1v) is 20.6. The molecule has 10 rings (SSSR count). The number of aromatic amines is 1. The molecule has 0 radical (unpaired) electrons. The molecule has 1 N–H and O–H groups in total. The summed E-state index contributed by atoms with van der Waals surface area (Å²) in [5.41, 5.74) is 3.03. The fourth-order valence-corrected chi connectivity index (χ4v) is 7.58. The van der Waals surface area contributed by atoms with Gasteiger partial charge in [-0.2, -0.15) is 19.9 Å². The van der Waals surface area contributed by atoms with Gasteiger partial charge in [0.05, 0.1) is 38.1 Å². The summed E-state index contributed by atoms with van der Waals surface area (Å²) in [5.74, 6) is 2.32. The number of aryl methyl sites for hydroxylation is 2. The predicted molar refractivity (Wildman–Crippen MR) is 224 cm³/mol. The first-order chi connectivity index (χ1) is 29.4. The van der Waals surface area contributed by atoms with Gasteiger partial charge < -0.3 is 27.7 Å². The van der Waals surface area contributed by atoms with E-state index in [0.717, 1.165) is 29.0 Å². The first-order valence-electron chi connectivity index (χ1n) is 18.5. The lowest BCUT2D eigenvalue weighted by Gasteiger charge is -2.09. The molecule has 0 saturated carbocycles. The SMILES string of the molecule is ClCc1nc([C@@H]2CO[C@@H](c3ccc(Cl)cc3)C2)no1.Cn1cnc2nc(Cl)[nH]c(=O)c21.Cn1cnc2nc(Cl)n(Cc3nc([C@@H]4CO[C@@H](c5ccc(Cl)cc5)C4)no3)c(=O)c21. The number of nitrogens with zero attached hydrogens (tertiary/aromatic N) is 11. The highest BCUT2D eigenvalue weighted by Gasteiger charge is 2.32. The van der Waals surface area contributed by atoms with Gasteiger partial charge in [0.15, 0.2) is 34.0 Å². The van der Waals surface area contributed by atoms with Gasteiger partial charge in [-0.25, -0.2) is 9.97 Å². The Balaban J connectivity index is 0.000000141. The van der Waals surface area contributed by atoms with E-state index < -0.39 is 0 Å². The molecular formula is C38H33Cl5N12O6. The summed E-state index contributed by atoms with van der Waals surface area (Å²) in [6, 6.07) is 15.3. The zero-order chi connectivity index (χ0) is 42.8. The van der Waals surface area contributed by atoms with Crippen LogP contribution >= 0.6 is 58.0 Å². The smallest absolute Gasteiger partial charge is 0.281 e. The molecule has 2 aliphatic rings. The van der Waals surface area contributed by atoms with Crippen LogP contribution in [0, 0.1) is 0 Å². The lowest BCUT2D eigenvalue weighted by atomic mass is 10.0. The van der Waals surface area contributed by atoms with Crippen molar-refractivity contribution in [1.29, 1.82) is 0 Å². The van der Waals surface area contributed by atoms with E-state index >= 15 is 0 Å². The minimum atomic E-state index is -0.322. The van der Waals surface area contributed by atoms with E-state index in [2.05, 4.69) is 45.2 Å². The quantitative estimate of drug-likeness (QED) is 0.124. The number of ether oxygens (including phenoxy) is 2. The third-order valence-electron chi connectivity index (χ3n) is 9.92. The molecule has 0 spiro atoms. The Morgan fingerprint density at radius 1 is 0.689 bits per heavy atom. The maximum absolute atomic E-state index is 12.8. The number of halogens is 5. The lowest BCUT2D eigenvalue weighted by molar-refractivity contribution is 0.110. The molecule has 4 atom stereocenters. The maximum atomic E-state index is 12.8. The normalized spacial score (nSPS) is 18.6. The predicted octanol–water partition coefficient (Wildman–Crippen LogP) is 7.13. The highest BCUT2D eigenvalue weighted by molar-refractivity contribution is 6.31. The average molecular weight is 931 g/mol. The molecular weight excluding hydrogens is 898 g/mol. The van der Waals surface area contributed by atoms with Gasteiger partial charge in [-0.15, -0.1) is 11.6 Å². The molecule has 2 fully saturated rings. The van der Waals surface area contributed by atoms with E-state index in [1.807, 2.05) is 48.5 Å². The Morgan fingerprint density at radius 3 is 1.74 bits per heavy atom. The number of hydrogen-bond acceptors (Lipinski definition) is 14. The Hall–Kier alpha value is -5.21. The molecule has 23 heteroatoms. The molecule has 2 saturated heterocycles. The summed E-state index contributed by atoms with van der Waals surface area (Å²) in [4.78, 5) is 51.0. The van der Waals surface area contributed by atoms with Crippen molar-refractivity contribution in [3.63, 3.8) is 0 Å². The molecule has 2 aliphatic heterocycles. The van der Waals surface area contributed by atoms with Crippen molar-refractivity contribution in [3.05, 3.63) is 137 Å².